The number of halogens is 10. The minimum absolute atomic E-state index is 0.194. The van der Waals surface area contributed by atoms with Crippen molar-refractivity contribution in [3.63, 3.8) is 0 Å². The number of benzene rings is 6. The SMILES string of the molecule is CC(C)c1cccc(C(C)C)c1-n1p[n+](-c2c(C(C)C)cccc2C(C)C)c2c1-c1ccc3c4c(ccc-2c14)-c1c-3[n+](-c2c(C(C)C)cccc2C(C)C)pn1-c1c(C(C)C)cccc1C(C)C.ClCCl.ClCCl.I[I-]I.I[I-]I. The van der Waals surface area contributed by atoms with Gasteiger partial charge in [-0.15, -0.1) is 46.4 Å². The third-order valence-corrected chi connectivity index (χ3v) is 17.4. The van der Waals surface area contributed by atoms with Gasteiger partial charge in [-0.3, -0.25) is 0 Å². The number of hydrogen-bond donors (Lipinski definition) is 0. The fourth-order valence-corrected chi connectivity index (χ4v) is 14.5. The van der Waals surface area contributed by atoms with Gasteiger partial charge in [-0.1, -0.05) is 184 Å². The first-order valence-corrected chi connectivity index (χ1v) is 56.2. The topological polar surface area (TPSA) is 17.6 Å². The summed E-state index contributed by atoms with van der Waals surface area (Å²) in [5, 5.41) is 3.18. The molecule has 2 aliphatic carbocycles. The summed E-state index contributed by atoms with van der Waals surface area (Å²) >= 11 is 29.7. The van der Waals surface area contributed by atoms with Crippen LogP contribution in [-0.4, -0.2) is 19.3 Å². The molecule has 0 N–H and O–H groups in total. The van der Waals surface area contributed by atoms with E-state index in [1.807, 2.05) is 0 Å². The summed E-state index contributed by atoms with van der Waals surface area (Å²) in [6.45, 7) is 37.9. The number of aromatic nitrogens is 4. The van der Waals surface area contributed by atoms with Gasteiger partial charge in [0.2, 0.25) is 0 Å². The van der Waals surface area contributed by atoms with Crippen molar-refractivity contribution in [2.75, 3.05) is 10.7 Å². The monoisotopic (exact) mass is 1860 g/mol. The molecule has 80 heavy (non-hydrogen) atoms. The predicted octanol–water partition coefficient (Wildman–Crippen LogP) is 18.8. The Morgan fingerprint density at radius 1 is 0.362 bits per heavy atom. The molecule has 2 aliphatic rings. The van der Waals surface area contributed by atoms with Crippen LogP contribution < -0.4 is 35.2 Å². The van der Waals surface area contributed by atoms with E-state index in [1.54, 1.807) is 0 Å². The zero-order valence-corrected chi connectivity index (χ0v) is 66.5. The van der Waals surface area contributed by atoms with E-state index in [-0.39, 0.29) is 10.7 Å². The Morgan fingerprint density at radius 2 is 0.562 bits per heavy atom. The van der Waals surface area contributed by atoms with Crippen LogP contribution in [0.3, 0.4) is 0 Å². The zero-order chi connectivity index (χ0) is 59.2. The fraction of sp³-hybridized carbons (Fsp3) is 0.406. The third kappa shape index (κ3) is 14.1. The number of fused-ring (bicyclic) bond motifs is 6. The molecule has 2 aromatic heterocycles. The van der Waals surface area contributed by atoms with Gasteiger partial charge in [0, 0.05) is 77.5 Å². The van der Waals surface area contributed by atoms with Crippen molar-refractivity contribution in [1.82, 2.24) is 8.66 Å². The number of nitrogens with zero attached hydrogens (tertiary/aromatic N) is 4. The molecular formula is C64H76Cl4I6N4P2. The number of rotatable bonds is 12. The van der Waals surface area contributed by atoms with E-state index in [4.69, 9.17) is 46.4 Å². The molecule has 8 aromatic rings. The van der Waals surface area contributed by atoms with Crippen molar-refractivity contribution < 1.29 is 35.2 Å². The number of alkyl halides is 4. The predicted molar refractivity (Wildman–Crippen MR) is 381 cm³/mol. The number of hydrogen-bond acceptors (Lipinski definition) is 0. The van der Waals surface area contributed by atoms with Crippen molar-refractivity contribution >= 4 is 149 Å². The normalized spacial score (nSPS) is 12.2. The fourth-order valence-electron chi connectivity index (χ4n) is 11.7. The summed E-state index contributed by atoms with van der Waals surface area (Å²) in [6.07, 6.45) is 0. The van der Waals surface area contributed by atoms with Gasteiger partial charge >= 0.3 is 118 Å². The van der Waals surface area contributed by atoms with E-state index < -0.39 is 0 Å². The van der Waals surface area contributed by atoms with Gasteiger partial charge in [-0.25, -0.2) is 0 Å². The van der Waals surface area contributed by atoms with Crippen molar-refractivity contribution in [2.24, 2.45) is 0 Å². The Kier molecular flexibility index (Phi) is 27.4. The Morgan fingerprint density at radius 3 is 0.775 bits per heavy atom. The first-order chi connectivity index (χ1) is 38.1. The minimum atomic E-state index is 0.194. The molecule has 0 fully saturated rings. The molecule has 0 bridgehead atoms. The maximum atomic E-state index is 4.76. The van der Waals surface area contributed by atoms with Crippen LogP contribution in [-0.2, 0) is 0 Å². The summed E-state index contributed by atoms with van der Waals surface area (Å²) in [4.78, 5) is 0. The molecule has 0 atom stereocenters. The van der Waals surface area contributed by atoms with Crippen LogP contribution in [0.25, 0.3) is 78.6 Å². The van der Waals surface area contributed by atoms with Gasteiger partial charge in [-0.2, -0.15) is 17.3 Å². The van der Waals surface area contributed by atoms with Crippen molar-refractivity contribution in [3.8, 4) is 67.8 Å². The molecule has 10 rings (SSSR count). The third-order valence-electron chi connectivity index (χ3n) is 15.1. The molecule has 0 unspecified atom stereocenters. The van der Waals surface area contributed by atoms with Gasteiger partial charge in [-0.05, 0) is 71.6 Å². The average Bonchev–Trinajstić information content (AvgIpc) is 4.16. The quantitative estimate of drug-likeness (QED) is 0.0857. The Hall–Kier alpha value is 0.400. The molecular weight excluding hydrogens is 1790 g/mol. The average molecular weight is 1870 g/mol. The van der Waals surface area contributed by atoms with Crippen LogP contribution in [0.15, 0.2) is 97.1 Å². The van der Waals surface area contributed by atoms with Crippen LogP contribution in [0.5, 0.6) is 0 Å². The van der Waals surface area contributed by atoms with Crippen LogP contribution in [0.4, 0.5) is 0 Å². The number of para-hydroxylation sites is 4. The molecule has 0 saturated heterocycles. The summed E-state index contributed by atoms with van der Waals surface area (Å²) in [5.74, 6) is 2.91. The molecule has 0 amide bonds. The standard InChI is InChI=1S/C62H72N4P2.2CH2Cl2.2I3/c1-33(2)41-21-17-22-42(34(3)4)55(41)63-59-49-29-30-51-54-52(32-31-50(53(49)54)60(59)64(67-63)56-43(35(5)6)23-18-24-44(56)36(7)8)62-61(51)65(57-45(37(9)10)25-19-26-46(57)38(11)12)68-66(62)58-47(39(13)14)27-20-28-48(58)40(15)16;2*2-1-3;2*1-3-2/h17-40H,1-16H3;2*1H2;;/q+2;;;2*-1. The van der Waals surface area contributed by atoms with Crippen molar-refractivity contribution in [2.45, 2.75) is 158 Å². The molecule has 0 aliphatic heterocycles. The molecule has 432 valence electrons. The van der Waals surface area contributed by atoms with E-state index in [2.05, 4.69) is 300 Å². The van der Waals surface area contributed by atoms with E-state index in [0.717, 1.165) is 17.0 Å². The van der Waals surface area contributed by atoms with E-state index >= 15 is 0 Å². The molecule has 0 spiro atoms. The van der Waals surface area contributed by atoms with E-state index in [1.165, 1.54) is 123 Å². The Bertz CT molecular complexity index is 2900. The Balaban J connectivity index is 0.000000792. The maximum absolute atomic E-state index is 4.76. The van der Waals surface area contributed by atoms with Crippen molar-refractivity contribution in [1.29, 1.82) is 0 Å². The summed E-state index contributed by atoms with van der Waals surface area (Å²) in [5.41, 5.74) is 27.5. The molecule has 4 nitrogen and oxygen atoms in total. The summed E-state index contributed by atoms with van der Waals surface area (Å²) < 4.78 is 10.9. The second-order valence-electron chi connectivity index (χ2n) is 22.6. The van der Waals surface area contributed by atoms with Gasteiger partial charge < -0.3 is 0 Å². The van der Waals surface area contributed by atoms with Crippen LogP contribution in [0, 0.1) is 0 Å². The van der Waals surface area contributed by atoms with Gasteiger partial charge in [0.05, 0.1) is 10.7 Å². The summed E-state index contributed by atoms with van der Waals surface area (Å²) in [7, 11) is 2.29. The van der Waals surface area contributed by atoms with Crippen LogP contribution in [0.2, 0.25) is 0 Å². The molecule has 0 saturated carbocycles. The first kappa shape index (κ1) is 69.5. The first-order valence-electron chi connectivity index (χ1n) is 27.3. The van der Waals surface area contributed by atoms with E-state index in [9.17, 15) is 0 Å². The van der Waals surface area contributed by atoms with Crippen LogP contribution >= 0.6 is 138 Å². The molecule has 0 radical (unpaired) electrons. The molecule has 6 aromatic carbocycles. The second-order valence-corrected chi connectivity index (χ2v) is 58.6. The van der Waals surface area contributed by atoms with Crippen molar-refractivity contribution in [3.05, 3.63) is 142 Å². The van der Waals surface area contributed by atoms with Gasteiger partial charge in [0.1, 0.15) is 22.7 Å². The summed E-state index contributed by atoms with van der Waals surface area (Å²) in [6, 6.07) is 38.3. The molecule has 16 heteroatoms. The van der Waals surface area contributed by atoms with Gasteiger partial charge in [0.15, 0.2) is 22.8 Å². The van der Waals surface area contributed by atoms with Crippen LogP contribution in [0.1, 0.15) is 203 Å². The Labute approximate surface area is 562 Å². The van der Waals surface area contributed by atoms with Gasteiger partial charge in [0.25, 0.3) is 0 Å². The molecule has 2 heterocycles. The van der Waals surface area contributed by atoms with E-state index in [0.29, 0.717) is 73.9 Å². The zero-order valence-electron chi connectivity index (χ0n) is 48.7. The second kappa shape index (κ2) is 31.5.